The van der Waals surface area contributed by atoms with E-state index >= 15 is 0 Å². The van der Waals surface area contributed by atoms with Crippen LogP contribution in [0.4, 0.5) is 5.69 Å². The highest BCUT2D eigenvalue weighted by atomic mass is 32.2. The number of rotatable bonds is 9. The first kappa shape index (κ1) is 19.5. The van der Waals surface area contributed by atoms with Gasteiger partial charge in [0.1, 0.15) is 0 Å². The van der Waals surface area contributed by atoms with Gasteiger partial charge in [-0.05, 0) is 48.6 Å². The predicted octanol–water partition coefficient (Wildman–Crippen LogP) is 4.13. The van der Waals surface area contributed by atoms with Crippen LogP contribution in [0, 0.1) is 13.8 Å². The van der Waals surface area contributed by atoms with Gasteiger partial charge >= 0.3 is 0 Å². The monoisotopic (exact) mass is 376 g/mol. The van der Waals surface area contributed by atoms with Crippen molar-refractivity contribution in [3.05, 3.63) is 51.7 Å². The molecule has 0 bridgehead atoms. The van der Waals surface area contributed by atoms with Crippen LogP contribution in [0.1, 0.15) is 28.8 Å². The Balaban J connectivity index is 1.58. The van der Waals surface area contributed by atoms with Crippen molar-refractivity contribution in [2.45, 2.75) is 33.2 Å². The van der Waals surface area contributed by atoms with E-state index in [-0.39, 0.29) is 11.8 Å². The number of thioether (sulfide) groups is 1. The quantitative estimate of drug-likeness (QED) is 0.647. The average Bonchev–Trinajstić information content (AvgIpc) is 3.09. The lowest BCUT2D eigenvalue weighted by molar-refractivity contribution is -0.118. The van der Waals surface area contributed by atoms with Crippen LogP contribution in [0.5, 0.6) is 0 Å². The normalized spacial score (nSPS) is 10.5. The molecule has 1 aromatic heterocycles. The molecule has 2 amide bonds. The zero-order valence-electron chi connectivity index (χ0n) is 14.6. The zero-order chi connectivity index (χ0) is 18.1. The van der Waals surface area contributed by atoms with Crippen molar-refractivity contribution in [3.63, 3.8) is 0 Å². The average molecular weight is 377 g/mol. The van der Waals surface area contributed by atoms with Crippen molar-refractivity contribution in [2.24, 2.45) is 0 Å². The minimum absolute atomic E-state index is 0.0279. The fourth-order valence-corrected chi connectivity index (χ4v) is 3.79. The SMILES string of the molecule is Cc1cccc(C)c1NC(=O)CCCSCC(=O)NCc1cccs1. The van der Waals surface area contributed by atoms with E-state index < -0.39 is 0 Å². The number of anilines is 1. The Labute approximate surface area is 157 Å². The van der Waals surface area contributed by atoms with Gasteiger partial charge in [0, 0.05) is 17.0 Å². The van der Waals surface area contributed by atoms with Gasteiger partial charge in [0.15, 0.2) is 0 Å². The van der Waals surface area contributed by atoms with Crippen molar-refractivity contribution in [1.29, 1.82) is 0 Å². The second-order valence-electron chi connectivity index (χ2n) is 5.83. The Bertz CT molecular complexity index is 679. The van der Waals surface area contributed by atoms with Gasteiger partial charge in [-0.3, -0.25) is 9.59 Å². The molecule has 0 aliphatic rings. The molecule has 134 valence electrons. The fourth-order valence-electron chi connectivity index (χ4n) is 2.36. The molecule has 0 aliphatic carbocycles. The molecule has 0 spiro atoms. The number of carbonyl (C=O) groups is 2. The van der Waals surface area contributed by atoms with Crippen LogP contribution in [0.3, 0.4) is 0 Å². The summed E-state index contributed by atoms with van der Waals surface area (Å²) in [4.78, 5) is 24.9. The second kappa shape index (κ2) is 10.3. The van der Waals surface area contributed by atoms with E-state index in [1.54, 1.807) is 23.1 Å². The van der Waals surface area contributed by atoms with Crippen LogP contribution in [0.2, 0.25) is 0 Å². The summed E-state index contributed by atoms with van der Waals surface area (Å²) < 4.78 is 0. The molecule has 2 aromatic rings. The molecule has 2 N–H and O–H groups in total. The second-order valence-corrected chi connectivity index (χ2v) is 7.96. The summed E-state index contributed by atoms with van der Waals surface area (Å²) in [6.07, 6.45) is 1.23. The number of carbonyl (C=O) groups excluding carboxylic acids is 2. The van der Waals surface area contributed by atoms with Crippen LogP contribution in [-0.4, -0.2) is 23.3 Å². The molecule has 0 saturated carbocycles. The van der Waals surface area contributed by atoms with Gasteiger partial charge in [-0.1, -0.05) is 24.3 Å². The number of para-hydroxylation sites is 1. The highest BCUT2D eigenvalue weighted by Gasteiger charge is 2.07. The van der Waals surface area contributed by atoms with Gasteiger partial charge < -0.3 is 10.6 Å². The van der Waals surface area contributed by atoms with Crippen LogP contribution >= 0.6 is 23.1 Å². The van der Waals surface area contributed by atoms with Crippen LogP contribution in [-0.2, 0) is 16.1 Å². The lowest BCUT2D eigenvalue weighted by Gasteiger charge is -2.11. The summed E-state index contributed by atoms with van der Waals surface area (Å²) in [7, 11) is 0. The molecule has 25 heavy (non-hydrogen) atoms. The lowest BCUT2D eigenvalue weighted by Crippen LogP contribution is -2.24. The Morgan fingerprint density at radius 2 is 1.84 bits per heavy atom. The van der Waals surface area contributed by atoms with Crippen molar-refractivity contribution in [3.8, 4) is 0 Å². The molecule has 0 saturated heterocycles. The molecule has 0 fully saturated rings. The van der Waals surface area contributed by atoms with Gasteiger partial charge in [-0.15, -0.1) is 11.3 Å². The van der Waals surface area contributed by atoms with E-state index in [1.807, 2.05) is 49.6 Å². The molecular formula is C19H24N2O2S2. The molecule has 0 aliphatic heterocycles. The van der Waals surface area contributed by atoms with Gasteiger partial charge in [-0.2, -0.15) is 11.8 Å². The van der Waals surface area contributed by atoms with E-state index in [1.165, 1.54) is 0 Å². The molecule has 0 unspecified atom stereocenters. The highest BCUT2D eigenvalue weighted by molar-refractivity contribution is 7.99. The van der Waals surface area contributed by atoms with E-state index in [4.69, 9.17) is 0 Å². The molecule has 1 aromatic carbocycles. The number of amides is 2. The maximum atomic E-state index is 12.0. The predicted molar refractivity (Wildman–Crippen MR) is 107 cm³/mol. The van der Waals surface area contributed by atoms with Crippen molar-refractivity contribution in [1.82, 2.24) is 5.32 Å². The number of hydrogen-bond donors (Lipinski definition) is 2. The van der Waals surface area contributed by atoms with Gasteiger partial charge in [-0.25, -0.2) is 0 Å². The topological polar surface area (TPSA) is 58.2 Å². The first-order valence-corrected chi connectivity index (χ1v) is 10.3. The van der Waals surface area contributed by atoms with Crippen LogP contribution in [0.25, 0.3) is 0 Å². The molecular weight excluding hydrogens is 352 g/mol. The Morgan fingerprint density at radius 3 is 2.52 bits per heavy atom. The minimum Gasteiger partial charge on any atom is -0.350 e. The van der Waals surface area contributed by atoms with E-state index in [0.29, 0.717) is 18.7 Å². The highest BCUT2D eigenvalue weighted by Crippen LogP contribution is 2.19. The molecule has 0 radical (unpaired) electrons. The third kappa shape index (κ3) is 6.92. The summed E-state index contributed by atoms with van der Waals surface area (Å²) in [6, 6.07) is 9.96. The van der Waals surface area contributed by atoms with Crippen molar-refractivity contribution in [2.75, 3.05) is 16.8 Å². The first-order chi connectivity index (χ1) is 12.1. The summed E-state index contributed by atoms with van der Waals surface area (Å²) >= 11 is 3.20. The number of thiophene rings is 1. The van der Waals surface area contributed by atoms with E-state index in [0.717, 1.165) is 33.9 Å². The van der Waals surface area contributed by atoms with E-state index in [9.17, 15) is 9.59 Å². The third-order valence-electron chi connectivity index (χ3n) is 3.71. The van der Waals surface area contributed by atoms with Gasteiger partial charge in [0.25, 0.3) is 0 Å². The molecule has 4 nitrogen and oxygen atoms in total. The third-order valence-corrected chi connectivity index (χ3v) is 5.63. The largest absolute Gasteiger partial charge is 0.350 e. The zero-order valence-corrected chi connectivity index (χ0v) is 16.3. The van der Waals surface area contributed by atoms with E-state index in [2.05, 4.69) is 10.6 Å². The Morgan fingerprint density at radius 1 is 1.08 bits per heavy atom. The van der Waals surface area contributed by atoms with Crippen LogP contribution in [0.15, 0.2) is 35.7 Å². The van der Waals surface area contributed by atoms with Crippen LogP contribution < -0.4 is 10.6 Å². The van der Waals surface area contributed by atoms with Crippen molar-refractivity contribution < 1.29 is 9.59 Å². The molecule has 6 heteroatoms. The summed E-state index contributed by atoms with van der Waals surface area (Å²) in [6.45, 7) is 4.58. The summed E-state index contributed by atoms with van der Waals surface area (Å²) in [5.74, 6) is 1.30. The van der Waals surface area contributed by atoms with Gasteiger partial charge in [0.2, 0.25) is 11.8 Å². The Kier molecular flexibility index (Phi) is 8.01. The maximum Gasteiger partial charge on any atom is 0.230 e. The standard InChI is InChI=1S/C19H24N2O2S2/c1-14-6-3-7-15(2)19(14)21-17(22)9-5-10-24-13-18(23)20-12-16-8-4-11-25-16/h3-4,6-8,11H,5,9-10,12-13H2,1-2H3,(H,20,23)(H,21,22). The Hall–Kier alpha value is -1.79. The minimum atomic E-state index is 0.0279. The summed E-state index contributed by atoms with van der Waals surface area (Å²) in [5.41, 5.74) is 3.06. The number of aryl methyl sites for hydroxylation is 2. The number of hydrogen-bond acceptors (Lipinski definition) is 4. The molecule has 1 heterocycles. The first-order valence-electron chi connectivity index (χ1n) is 8.29. The molecule has 0 atom stereocenters. The smallest absolute Gasteiger partial charge is 0.230 e. The maximum absolute atomic E-state index is 12.0. The summed E-state index contributed by atoms with van der Waals surface area (Å²) in [5, 5.41) is 7.89. The lowest BCUT2D eigenvalue weighted by atomic mass is 10.1. The van der Waals surface area contributed by atoms with Crippen molar-refractivity contribution >= 4 is 40.6 Å². The fraction of sp³-hybridized carbons (Fsp3) is 0.368. The van der Waals surface area contributed by atoms with Gasteiger partial charge in [0.05, 0.1) is 12.3 Å². The number of benzene rings is 1. The number of nitrogens with one attached hydrogen (secondary N) is 2. The molecule has 2 rings (SSSR count).